The molecule has 28 heavy (non-hydrogen) atoms. The van der Waals surface area contributed by atoms with E-state index in [9.17, 15) is 9.59 Å². The summed E-state index contributed by atoms with van der Waals surface area (Å²) in [5, 5.41) is 8.88. The lowest BCUT2D eigenvalue weighted by Gasteiger charge is -2.41. The van der Waals surface area contributed by atoms with E-state index in [2.05, 4.69) is 32.0 Å². The minimum Gasteiger partial charge on any atom is -0.478 e. The van der Waals surface area contributed by atoms with Crippen molar-refractivity contribution < 1.29 is 14.7 Å². The second kappa shape index (κ2) is 7.27. The van der Waals surface area contributed by atoms with Crippen molar-refractivity contribution in [2.24, 2.45) is 0 Å². The Morgan fingerprint density at radius 1 is 1.18 bits per heavy atom. The molecule has 1 N–H and O–H groups in total. The van der Waals surface area contributed by atoms with Gasteiger partial charge in [-0.15, -0.1) is 0 Å². The lowest BCUT2D eigenvalue weighted by Crippen LogP contribution is -2.45. The number of benzene rings is 2. The molecular formula is C24H27NO3. The molecule has 2 aromatic carbocycles. The molecule has 1 aliphatic heterocycles. The average Bonchev–Trinajstić information content (AvgIpc) is 2.59. The summed E-state index contributed by atoms with van der Waals surface area (Å²) in [7, 11) is 0. The minimum atomic E-state index is -0.968. The van der Waals surface area contributed by atoms with Gasteiger partial charge >= 0.3 is 5.97 Å². The van der Waals surface area contributed by atoms with E-state index < -0.39 is 5.97 Å². The van der Waals surface area contributed by atoms with E-state index in [1.165, 1.54) is 5.56 Å². The Morgan fingerprint density at radius 3 is 2.54 bits per heavy atom. The van der Waals surface area contributed by atoms with Crippen molar-refractivity contribution in [3.63, 3.8) is 0 Å². The topological polar surface area (TPSA) is 57.6 Å². The molecule has 2 aromatic rings. The molecule has 0 spiro atoms. The Hall–Kier alpha value is -2.88. The SMILES string of the molecule is Cc1ccc(C=CC(=O)O)cc1-c1ccc2c(c1)N(C(C)C)C(=O)CC2(C)C. The highest BCUT2D eigenvalue weighted by Gasteiger charge is 2.37. The number of hydrogen-bond acceptors (Lipinski definition) is 2. The summed E-state index contributed by atoms with van der Waals surface area (Å²) in [6.07, 6.45) is 3.24. The van der Waals surface area contributed by atoms with Crippen LogP contribution in [-0.2, 0) is 15.0 Å². The fraction of sp³-hybridized carbons (Fsp3) is 0.333. The number of carbonyl (C=O) groups is 2. The summed E-state index contributed by atoms with van der Waals surface area (Å²) in [5.74, 6) is -0.816. The summed E-state index contributed by atoms with van der Waals surface area (Å²) >= 11 is 0. The van der Waals surface area contributed by atoms with Crippen molar-refractivity contribution in [2.75, 3.05) is 4.90 Å². The molecule has 1 amide bonds. The zero-order valence-corrected chi connectivity index (χ0v) is 17.1. The monoisotopic (exact) mass is 377 g/mol. The third-order valence-electron chi connectivity index (χ3n) is 5.36. The Kier molecular flexibility index (Phi) is 5.16. The molecule has 0 aliphatic carbocycles. The normalized spacial score (nSPS) is 15.9. The van der Waals surface area contributed by atoms with Crippen LogP contribution in [0.3, 0.4) is 0 Å². The van der Waals surface area contributed by atoms with Crippen molar-refractivity contribution in [1.82, 2.24) is 0 Å². The van der Waals surface area contributed by atoms with E-state index in [1.54, 1.807) is 6.08 Å². The van der Waals surface area contributed by atoms with Crippen LogP contribution in [0.4, 0.5) is 5.69 Å². The first-order valence-corrected chi connectivity index (χ1v) is 9.59. The van der Waals surface area contributed by atoms with Crippen molar-refractivity contribution in [3.8, 4) is 11.1 Å². The highest BCUT2D eigenvalue weighted by atomic mass is 16.4. The van der Waals surface area contributed by atoms with Crippen molar-refractivity contribution in [1.29, 1.82) is 0 Å². The average molecular weight is 377 g/mol. The van der Waals surface area contributed by atoms with Gasteiger partial charge in [-0.1, -0.05) is 38.1 Å². The van der Waals surface area contributed by atoms with Gasteiger partial charge in [0.1, 0.15) is 0 Å². The van der Waals surface area contributed by atoms with Crippen LogP contribution in [0.15, 0.2) is 42.5 Å². The molecule has 0 aromatic heterocycles. The van der Waals surface area contributed by atoms with Gasteiger partial charge in [-0.25, -0.2) is 4.79 Å². The molecule has 0 saturated carbocycles. The molecule has 3 rings (SSSR count). The van der Waals surface area contributed by atoms with Gasteiger partial charge in [0.15, 0.2) is 0 Å². The predicted molar refractivity (Wildman–Crippen MR) is 114 cm³/mol. The number of hydrogen-bond donors (Lipinski definition) is 1. The number of anilines is 1. The fourth-order valence-corrected chi connectivity index (χ4v) is 3.95. The first-order valence-electron chi connectivity index (χ1n) is 9.59. The minimum absolute atomic E-state index is 0.0866. The van der Waals surface area contributed by atoms with Crippen molar-refractivity contribution in [2.45, 2.75) is 52.5 Å². The Balaban J connectivity index is 2.14. The van der Waals surface area contributed by atoms with E-state index in [0.717, 1.165) is 34.0 Å². The molecule has 0 saturated heterocycles. The highest BCUT2D eigenvalue weighted by Crippen LogP contribution is 2.43. The molecule has 4 heteroatoms. The second-order valence-electron chi connectivity index (χ2n) is 8.40. The largest absolute Gasteiger partial charge is 0.478 e. The summed E-state index contributed by atoms with van der Waals surface area (Å²) in [6.45, 7) is 10.3. The maximum Gasteiger partial charge on any atom is 0.328 e. The first-order chi connectivity index (χ1) is 13.1. The number of aliphatic carboxylic acids is 1. The van der Waals surface area contributed by atoms with Crippen LogP contribution in [-0.4, -0.2) is 23.0 Å². The van der Waals surface area contributed by atoms with Crippen LogP contribution in [0.25, 0.3) is 17.2 Å². The third kappa shape index (κ3) is 3.72. The van der Waals surface area contributed by atoms with E-state index in [4.69, 9.17) is 5.11 Å². The van der Waals surface area contributed by atoms with Crippen LogP contribution in [0, 0.1) is 6.92 Å². The van der Waals surface area contributed by atoms with Gasteiger partial charge in [-0.05, 0) is 66.8 Å². The number of carboxylic acid groups (broad SMARTS) is 1. The van der Waals surface area contributed by atoms with Crippen LogP contribution in [0.2, 0.25) is 0 Å². The van der Waals surface area contributed by atoms with Gasteiger partial charge in [0.25, 0.3) is 0 Å². The third-order valence-corrected chi connectivity index (χ3v) is 5.36. The lowest BCUT2D eigenvalue weighted by molar-refractivity contribution is -0.131. The molecule has 0 radical (unpaired) electrons. The summed E-state index contributed by atoms with van der Waals surface area (Å²) in [4.78, 5) is 25.5. The lowest BCUT2D eigenvalue weighted by atomic mass is 9.76. The van der Waals surface area contributed by atoms with Crippen LogP contribution >= 0.6 is 0 Å². The Morgan fingerprint density at radius 2 is 1.89 bits per heavy atom. The number of amides is 1. The van der Waals surface area contributed by atoms with Gasteiger partial charge < -0.3 is 10.0 Å². The number of carbonyl (C=O) groups excluding carboxylic acids is 1. The number of fused-ring (bicyclic) bond motifs is 1. The smallest absolute Gasteiger partial charge is 0.328 e. The molecule has 1 heterocycles. The summed E-state index contributed by atoms with van der Waals surface area (Å²) in [6, 6.07) is 12.3. The molecular weight excluding hydrogens is 350 g/mol. The zero-order valence-electron chi connectivity index (χ0n) is 17.1. The number of rotatable bonds is 4. The highest BCUT2D eigenvalue weighted by molar-refractivity contribution is 5.99. The maximum atomic E-state index is 12.8. The van der Waals surface area contributed by atoms with Crippen LogP contribution < -0.4 is 4.90 Å². The summed E-state index contributed by atoms with van der Waals surface area (Å²) < 4.78 is 0. The van der Waals surface area contributed by atoms with E-state index in [-0.39, 0.29) is 17.4 Å². The number of aryl methyl sites for hydroxylation is 1. The maximum absolute atomic E-state index is 12.8. The van der Waals surface area contributed by atoms with Gasteiger partial charge in [-0.2, -0.15) is 0 Å². The van der Waals surface area contributed by atoms with Crippen LogP contribution in [0.1, 0.15) is 50.8 Å². The quantitative estimate of drug-likeness (QED) is 0.747. The van der Waals surface area contributed by atoms with Crippen molar-refractivity contribution >= 4 is 23.6 Å². The molecule has 4 nitrogen and oxygen atoms in total. The fourth-order valence-electron chi connectivity index (χ4n) is 3.95. The standard InChI is InChI=1S/C24H27NO3/c1-15(2)25-21-13-18(9-10-20(21)24(4,5)14-22(25)26)19-12-17(7-6-16(19)3)8-11-23(27)28/h6-13,15H,14H2,1-5H3,(H,27,28). The molecule has 146 valence electrons. The molecule has 0 bridgehead atoms. The summed E-state index contributed by atoms with van der Waals surface area (Å²) in [5.41, 5.74) is 5.96. The van der Waals surface area contributed by atoms with Gasteiger partial charge in [0, 0.05) is 29.6 Å². The van der Waals surface area contributed by atoms with E-state index in [0.29, 0.717) is 6.42 Å². The Labute approximate surface area is 166 Å². The zero-order chi connectivity index (χ0) is 20.6. The van der Waals surface area contributed by atoms with Crippen molar-refractivity contribution in [3.05, 3.63) is 59.2 Å². The number of carboxylic acids is 1. The van der Waals surface area contributed by atoms with E-state index in [1.807, 2.05) is 43.9 Å². The second-order valence-corrected chi connectivity index (χ2v) is 8.40. The number of nitrogens with zero attached hydrogens (tertiary/aromatic N) is 1. The predicted octanol–water partition coefficient (Wildman–Crippen LogP) is 5.18. The van der Waals surface area contributed by atoms with Gasteiger partial charge in [0.2, 0.25) is 5.91 Å². The van der Waals surface area contributed by atoms with E-state index >= 15 is 0 Å². The molecule has 1 aliphatic rings. The molecule has 0 unspecified atom stereocenters. The first kappa shape index (κ1) is 19.9. The Bertz CT molecular complexity index is 970. The van der Waals surface area contributed by atoms with Gasteiger partial charge in [-0.3, -0.25) is 4.79 Å². The molecule has 0 atom stereocenters. The van der Waals surface area contributed by atoms with Gasteiger partial charge in [0.05, 0.1) is 0 Å². The molecule has 0 fully saturated rings. The van der Waals surface area contributed by atoms with Crippen LogP contribution in [0.5, 0.6) is 0 Å².